The molecule has 4 heteroatoms. The molecule has 110 valence electrons. The zero-order chi connectivity index (χ0) is 14.0. The summed E-state index contributed by atoms with van der Waals surface area (Å²) in [5.41, 5.74) is 5.36. The average molecular weight is 267 g/mol. The predicted octanol–water partition coefficient (Wildman–Crippen LogP) is 1.45. The maximum Gasteiger partial charge on any atom is 0.237 e. The van der Waals surface area contributed by atoms with Gasteiger partial charge in [-0.15, -0.1) is 0 Å². The molecule has 1 amide bonds. The second kappa shape index (κ2) is 5.80. The van der Waals surface area contributed by atoms with Crippen molar-refractivity contribution in [2.24, 2.45) is 11.7 Å². The van der Waals surface area contributed by atoms with E-state index in [1.54, 1.807) is 0 Å². The van der Waals surface area contributed by atoms with Crippen molar-refractivity contribution in [3.05, 3.63) is 0 Å². The Morgan fingerprint density at radius 1 is 1.32 bits per heavy atom. The Balaban J connectivity index is 2.14. The number of carbonyl (C=O) groups excluding carboxylic acids is 1. The lowest BCUT2D eigenvalue weighted by Crippen LogP contribution is -2.65. The fourth-order valence-corrected chi connectivity index (χ4v) is 3.99. The Bertz CT molecular complexity index is 327. The standard InChI is InChI=1S/C15H29N3O/c1-4-17-9-10-18(11-12(17)2)15(3,14(16)19)13-7-5-6-8-13/h12-13H,4-11H2,1-3H3,(H2,16,19). The summed E-state index contributed by atoms with van der Waals surface area (Å²) in [4.78, 5) is 17.0. The molecule has 0 aromatic carbocycles. The first-order chi connectivity index (χ1) is 9.00. The Kier molecular flexibility index (Phi) is 4.51. The van der Waals surface area contributed by atoms with Crippen LogP contribution < -0.4 is 5.73 Å². The van der Waals surface area contributed by atoms with Gasteiger partial charge in [0, 0.05) is 25.7 Å². The highest BCUT2D eigenvalue weighted by atomic mass is 16.1. The number of rotatable bonds is 4. The Morgan fingerprint density at radius 2 is 1.95 bits per heavy atom. The first-order valence-corrected chi connectivity index (χ1v) is 7.79. The van der Waals surface area contributed by atoms with Gasteiger partial charge >= 0.3 is 0 Å². The van der Waals surface area contributed by atoms with E-state index in [4.69, 9.17) is 5.73 Å². The smallest absolute Gasteiger partial charge is 0.237 e. The largest absolute Gasteiger partial charge is 0.368 e. The van der Waals surface area contributed by atoms with Crippen molar-refractivity contribution in [1.29, 1.82) is 0 Å². The number of primary amides is 1. The predicted molar refractivity (Wildman–Crippen MR) is 77.8 cm³/mol. The summed E-state index contributed by atoms with van der Waals surface area (Å²) in [5.74, 6) is 0.321. The van der Waals surface area contributed by atoms with Crippen LogP contribution in [-0.4, -0.2) is 53.5 Å². The van der Waals surface area contributed by atoms with Crippen molar-refractivity contribution in [2.75, 3.05) is 26.2 Å². The van der Waals surface area contributed by atoms with Gasteiger partial charge in [-0.2, -0.15) is 0 Å². The molecule has 1 aliphatic carbocycles. The average Bonchev–Trinajstić information content (AvgIpc) is 2.91. The molecule has 1 heterocycles. The first kappa shape index (κ1) is 14.8. The molecule has 0 spiro atoms. The highest BCUT2D eigenvalue weighted by Crippen LogP contribution is 2.38. The molecular weight excluding hydrogens is 238 g/mol. The first-order valence-electron chi connectivity index (χ1n) is 7.79. The van der Waals surface area contributed by atoms with E-state index in [2.05, 4.69) is 30.6 Å². The van der Waals surface area contributed by atoms with Gasteiger partial charge in [0.1, 0.15) is 5.54 Å². The summed E-state index contributed by atoms with van der Waals surface area (Å²) in [7, 11) is 0. The SMILES string of the molecule is CCN1CCN(C(C)(C(N)=O)C2CCCC2)CC1C. The van der Waals surface area contributed by atoms with Gasteiger partial charge in [0.15, 0.2) is 0 Å². The van der Waals surface area contributed by atoms with Gasteiger partial charge in [0.2, 0.25) is 5.91 Å². The molecule has 2 N–H and O–H groups in total. The molecular formula is C15H29N3O. The highest BCUT2D eigenvalue weighted by molar-refractivity contribution is 5.84. The number of nitrogens with two attached hydrogens (primary N) is 1. The Labute approximate surface area is 117 Å². The van der Waals surface area contributed by atoms with Crippen molar-refractivity contribution >= 4 is 5.91 Å². The summed E-state index contributed by atoms with van der Waals surface area (Å²) in [6.45, 7) is 10.6. The van der Waals surface area contributed by atoms with Crippen LogP contribution in [0.5, 0.6) is 0 Å². The van der Waals surface area contributed by atoms with Gasteiger partial charge in [0.05, 0.1) is 0 Å². The van der Waals surface area contributed by atoms with E-state index >= 15 is 0 Å². The molecule has 0 aromatic heterocycles. The monoisotopic (exact) mass is 267 g/mol. The minimum atomic E-state index is -0.440. The summed E-state index contributed by atoms with van der Waals surface area (Å²) in [5, 5.41) is 0. The number of nitrogens with zero attached hydrogens (tertiary/aromatic N) is 2. The van der Waals surface area contributed by atoms with E-state index in [0.29, 0.717) is 12.0 Å². The quantitative estimate of drug-likeness (QED) is 0.838. The molecule has 2 unspecified atom stereocenters. The van der Waals surface area contributed by atoms with Gasteiger partial charge in [-0.1, -0.05) is 19.8 Å². The van der Waals surface area contributed by atoms with Crippen LogP contribution in [0.2, 0.25) is 0 Å². The van der Waals surface area contributed by atoms with Gasteiger partial charge < -0.3 is 5.73 Å². The van der Waals surface area contributed by atoms with Gasteiger partial charge in [-0.05, 0) is 39.2 Å². The summed E-state index contributed by atoms with van der Waals surface area (Å²) >= 11 is 0. The van der Waals surface area contributed by atoms with Crippen molar-refractivity contribution in [2.45, 2.75) is 58.0 Å². The molecule has 1 saturated heterocycles. The lowest BCUT2D eigenvalue weighted by atomic mass is 9.81. The maximum atomic E-state index is 12.1. The van der Waals surface area contributed by atoms with Crippen LogP contribution in [0.3, 0.4) is 0 Å². The third-order valence-corrected chi connectivity index (χ3v) is 5.48. The normalized spacial score (nSPS) is 30.4. The van der Waals surface area contributed by atoms with Crippen LogP contribution in [0, 0.1) is 5.92 Å². The van der Waals surface area contributed by atoms with E-state index in [0.717, 1.165) is 39.0 Å². The third-order valence-electron chi connectivity index (χ3n) is 5.48. The summed E-state index contributed by atoms with van der Waals surface area (Å²) in [6, 6.07) is 0.513. The molecule has 2 rings (SSSR count). The number of hydrogen-bond acceptors (Lipinski definition) is 3. The second-order valence-electron chi connectivity index (χ2n) is 6.42. The fourth-order valence-electron chi connectivity index (χ4n) is 3.99. The van der Waals surface area contributed by atoms with Gasteiger partial charge in [0.25, 0.3) is 0 Å². The van der Waals surface area contributed by atoms with Crippen LogP contribution in [0.15, 0.2) is 0 Å². The van der Waals surface area contributed by atoms with E-state index in [-0.39, 0.29) is 5.91 Å². The van der Waals surface area contributed by atoms with E-state index in [1.165, 1.54) is 12.8 Å². The van der Waals surface area contributed by atoms with Crippen molar-refractivity contribution in [3.63, 3.8) is 0 Å². The number of hydrogen-bond donors (Lipinski definition) is 1. The maximum absolute atomic E-state index is 12.1. The van der Waals surface area contributed by atoms with Crippen LogP contribution >= 0.6 is 0 Å². The molecule has 1 saturated carbocycles. The minimum absolute atomic E-state index is 0.128. The minimum Gasteiger partial charge on any atom is -0.368 e. The fraction of sp³-hybridized carbons (Fsp3) is 0.933. The van der Waals surface area contributed by atoms with Crippen LogP contribution in [-0.2, 0) is 4.79 Å². The topological polar surface area (TPSA) is 49.6 Å². The number of carbonyl (C=O) groups is 1. The molecule has 19 heavy (non-hydrogen) atoms. The lowest BCUT2D eigenvalue weighted by Gasteiger charge is -2.49. The van der Waals surface area contributed by atoms with E-state index in [1.807, 2.05) is 0 Å². The second-order valence-corrected chi connectivity index (χ2v) is 6.42. The summed E-state index contributed by atoms with van der Waals surface area (Å²) < 4.78 is 0. The number of piperazine rings is 1. The molecule has 2 fully saturated rings. The van der Waals surface area contributed by atoms with Crippen molar-refractivity contribution in [1.82, 2.24) is 9.80 Å². The number of amides is 1. The Morgan fingerprint density at radius 3 is 2.42 bits per heavy atom. The van der Waals surface area contributed by atoms with E-state index in [9.17, 15) is 4.79 Å². The zero-order valence-electron chi connectivity index (χ0n) is 12.7. The van der Waals surface area contributed by atoms with Crippen molar-refractivity contribution in [3.8, 4) is 0 Å². The molecule has 0 radical (unpaired) electrons. The summed E-state index contributed by atoms with van der Waals surface area (Å²) in [6.07, 6.45) is 4.81. The van der Waals surface area contributed by atoms with Crippen LogP contribution in [0.4, 0.5) is 0 Å². The van der Waals surface area contributed by atoms with Gasteiger partial charge in [-0.25, -0.2) is 0 Å². The van der Waals surface area contributed by atoms with Crippen LogP contribution in [0.25, 0.3) is 0 Å². The zero-order valence-corrected chi connectivity index (χ0v) is 12.7. The lowest BCUT2D eigenvalue weighted by molar-refractivity contribution is -0.135. The Hall–Kier alpha value is -0.610. The molecule has 2 atom stereocenters. The highest BCUT2D eigenvalue weighted by Gasteiger charge is 2.47. The van der Waals surface area contributed by atoms with E-state index < -0.39 is 5.54 Å². The molecule has 1 aliphatic heterocycles. The van der Waals surface area contributed by atoms with Crippen molar-refractivity contribution < 1.29 is 4.79 Å². The molecule has 2 aliphatic rings. The third kappa shape index (κ3) is 2.65. The molecule has 4 nitrogen and oxygen atoms in total. The van der Waals surface area contributed by atoms with Crippen LogP contribution in [0.1, 0.15) is 46.5 Å². The molecule has 0 aromatic rings. The number of likely N-dealkylation sites (N-methyl/N-ethyl adjacent to an activating group) is 1. The molecule has 0 bridgehead atoms. The van der Waals surface area contributed by atoms with Gasteiger partial charge in [-0.3, -0.25) is 14.6 Å².